The Kier molecular flexibility index (Phi) is 7.64. The van der Waals surface area contributed by atoms with Crippen LogP contribution in [-0.2, 0) is 33.7 Å². The number of para-hydroxylation sites is 1. The zero-order chi connectivity index (χ0) is 23.1. The normalized spacial score (nSPS) is 13.1. The van der Waals surface area contributed by atoms with Crippen LogP contribution in [0.3, 0.4) is 0 Å². The van der Waals surface area contributed by atoms with Crippen LogP contribution in [0.5, 0.6) is 0 Å². The van der Waals surface area contributed by atoms with E-state index < -0.39 is 11.4 Å². The first-order valence-corrected chi connectivity index (χ1v) is 10.9. The average molecular weight is 440 g/mol. The fourth-order valence-electron chi connectivity index (χ4n) is 3.74. The van der Waals surface area contributed by atoms with Gasteiger partial charge in [-0.3, -0.25) is 4.79 Å². The summed E-state index contributed by atoms with van der Waals surface area (Å²) < 4.78 is 17.3. The van der Waals surface area contributed by atoms with E-state index in [2.05, 4.69) is 0 Å². The van der Waals surface area contributed by atoms with Crippen molar-refractivity contribution in [3.8, 4) is 0 Å². The Labute approximate surface area is 186 Å². The number of benzene rings is 2. The molecular formula is C25H29NO6. The summed E-state index contributed by atoms with van der Waals surface area (Å²) >= 11 is 0. The van der Waals surface area contributed by atoms with Gasteiger partial charge in [-0.05, 0) is 56.9 Å². The van der Waals surface area contributed by atoms with E-state index in [1.165, 1.54) is 0 Å². The van der Waals surface area contributed by atoms with Crippen molar-refractivity contribution in [2.45, 2.75) is 52.2 Å². The number of hydrogen-bond acceptors (Lipinski definition) is 6. The molecule has 7 heteroatoms. The average Bonchev–Trinajstić information content (AvgIpc) is 2.77. The molecule has 0 bridgehead atoms. The van der Waals surface area contributed by atoms with Gasteiger partial charge in [0.05, 0.1) is 12.0 Å². The van der Waals surface area contributed by atoms with Gasteiger partial charge in [0.15, 0.2) is 5.60 Å². The SMILES string of the molecule is CCOC(=O)C(C)(Cc1ccc(CCCn2c(=O)oc3ccccc3c2=O)cc1)OCC. The van der Waals surface area contributed by atoms with E-state index in [0.717, 1.165) is 15.7 Å². The van der Waals surface area contributed by atoms with E-state index >= 15 is 0 Å². The molecule has 2 aromatic carbocycles. The number of esters is 1. The van der Waals surface area contributed by atoms with E-state index in [9.17, 15) is 14.4 Å². The molecule has 0 radical (unpaired) electrons. The molecule has 0 saturated carbocycles. The quantitative estimate of drug-likeness (QED) is 0.450. The number of carbonyl (C=O) groups is 1. The highest BCUT2D eigenvalue weighted by molar-refractivity contribution is 5.79. The summed E-state index contributed by atoms with van der Waals surface area (Å²) in [6.45, 7) is 6.36. The second-order valence-electron chi connectivity index (χ2n) is 7.80. The predicted molar refractivity (Wildman–Crippen MR) is 122 cm³/mol. The predicted octanol–water partition coefficient (Wildman–Crippen LogP) is 3.49. The van der Waals surface area contributed by atoms with Gasteiger partial charge < -0.3 is 13.9 Å². The molecule has 0 aliphatic heterocycles. The first kappa shape index (κ1) is 23.5. The number of ether oxygens (including phenoxy) is 2. The molecule has 0 fully saturated rings. The zero-order valence-corrected chi connectivity index (χ0v) is 18.8. The molecule has 3 rings (SSSR count). The van der Waals surface area contributed by atoms with Gasteiger partial charge in [-0.2, -0.15) is 0 Å². The lowest BCUT2D eigenvalue weighted by molar-refractivity contribution is -0.169. The van der Waals surface area contributed by atoms with Gasteiger partial charge in [0.1, 0.15) is 5.58 Å². The van der Waals surface area contributed by atoms with Crippen molar-refractivity contribution in [1.29, 1.82) is 0 Å². The standard InChI is InChI=1S/C25H29NO6/c1-4-30-23(28)25(3,31-5-2)17-19-14-12-18(13-15-19)9-8-16-26-22(27)20-10-6-7-11-21(20)32-24(26)29/h6-7,10-15H,4-5,8-9,16-17H2,1-3H3. The van der Waals surface area contributed by atoms with Crippen molar-refractivity contribution in [1.82, 2.24) is 4.57 Å². The summed E-state index contributed by atoms with van der Waals surface area (Å²) in [7, 11) is 0. The van der Waals surface area contributed by atoms with Gasteiger partial charge in [-0.25, -0.2) is 14.2 Å². The Morgan fingerprint density at radius 3 is 2.38 bits per heavy atom. The van der Waals surface area contributed by atoms with Crippen LogP contribution in [0.15, 0.2) is 62.5 Å². The maximum Gasteiger partial charge on any atom is 0.422 e. The molecule has 1 atom stereocenters. The van der Waals surface area contributed by atoms with Gasteiger partial charge >= 0.3 is 11.7 Å². The minimum Gasteiger partial charge on any atom is -0.464 e. The molecule has 0 spiro atoms. The van der Waals surface area contributed by atoms with Crippen LogP contribution in [0.4, 0.5) is 0 Å². The van der Waals surface area contributed by atoms with Crippen molar-refractivity contribution in [2.24, 2.45) is 0 Å². The van der Waals surface area contributed by atoms with E-state index in [1.54, 1.807) is 38.1 Å². The molecule has 170 valence electrons. The molecular weight excluding hydrogens is 410 g/mol. The second-order valence-corrected chi connectivity index (χ2v) is 7.80. The van der Waals surface area contributed by atoms with Crippen molar-refractivity contribution >= 4 is 16.9 Å². The molecule has 7 nitrogen and oxygen atoms in total. The van der Waals surface area contributed by atoms with Crippen molar-refractivity contribution in [3.63, 3.8) is 0 Å². The molecule has 0 aliphatic rings. The van der Waals surface area contributed by atoms with Crippen LogP contribution in [0, 0.1) is 0 Å². The van der Waals surface area contributed by atoms with Crippen molar-refractivity contribution in [2.75, 3.05) is 13.2 Å². The van der Waals surface area contributed by atoms with Gasteiger partial charge in [0.2, 0.25) is 0 Å². The third-order valence-corrected chi connectivity index (χ3v) is 5.36. The minimum atomic E-state index is -1.03. The topological polar surface area (TPSA) is 87.7 Å². The summed E-state index contributed by atoms with van der Waals surface area (Å²) in [6.07, 6.45) is 1.72. The number of aryl methyl sites for hydroxylation is 1. The highest BCUT2D eigenvalue weighted by Gasteiger charge is 2.35. The number of rotatable bonds is 10. The van der Waals surface area contributed by atoms with E-state index in [0.29, 0.717) is 43.4 Å². The van der Waals surface area contributed by atoms with Crippen LogP contribution in [-0.4, -0.2) is 29.4 Å². The van der Waals surface area contributed by atoms with Crippen LogP contribution >= 0.6 is 0 Å². The molecule has 0 amide bonds. The van der Waals surface area contributed by atoms with E-state index in [4.69, 9.17) is 13.9 Å². The number of hydrogen-bond donors (Lipinski definition) is 0. The minimum absolute atomic E-state index is 0.277. The number of fused-ring (bicyclic) bond motifs is 1. The maximum atomic E-state index is 12.6. The molecule has 3 aromatic rings. The lowest BCUT2D eigenvalue weighted by Crippen LogP contribution is -2.42. The summed E-state index contributed by atoms with van der Waals surface area (Å²) in [5, 5.41) is 0.399. The lowest BCUT2D eigenvalue weighted by Gasteiger charge is -2.27. The second kappa shape index (κ2) is 10.4. The smallest absolute Gasteiger partial charge is 0.422 e. The third-order valence-electron chi connectivity index (χ3n) is 5.36. The first-order valence-electron chi connectivity index (χ1n) is 10.9. The van der Waals surface area contributed by atoms with Gasteiger partial charge in [0.25, 0.3) is 5.56 Å². The highest BCUT2D eigenvalue weighted by atomic mass is 16.6. The van der Waals surface area contributed by atoms with Gasteiger partial charge in [0, 0.05) is 19.6 Å². The third kappa shape index (κ3) is 5.34. The van der Waals surface area contributed by atoms with Gasteiger partial charge in [-0.1, -0.05) is 36.4 Å². The maximum absolute atomic E-state index is 12.6. The first-order chi connectivity index (χ1) is 15.4. The lowest BCUT2D eigenvalue weighted by atomic mass is 9.95. The van der Waals surface area contributed by atoms with Crippen LogP contribution in [0.2, 0.25) is 0 Å². The number of carbonyl (C=O) groups excluding carboxylic acids is 1. The molecule has 1 unspecified atom stereocenters. The Morgan fingerprint density at radius 2 is 1.69 bits per heavy atom. The monoisotopic (exact) mass is 439 g/mol. The molecule has 32 heavy (non-hydrogen) atoms. The summed E-state index contributed by atoms with van der Waals surface area (Å²) in [4.78, 5) is 37.1. The Bertz CT molecular complexity index is 1180. The van der Waals surface area contributed by atoms with Crippen LogP contribution in [0.25, 0.3) is 11.0 Å². The van der Waals surface area contributed by atoms with Crippen molar-refractivity contribution < 1.29 is 18.7 Å². The summed E-state index contributed by atoms with van der Waals surface area (Å²) in [6, 6.07) is 14.6. The molecule has 0 N–H and O–H groups in total. The Hall–Kier alpha value is -3.19. The van der Waals surface area contributed by atoms with E-state index in [1.807, 2.05) is 31.2 Å². The van der Waals surface area contributed by atoms with Crippen LogP contribution in [0.1, 0.15) is 38.3 Å². The van der Waals surface area contributed by atoms with Crippen LogP contribution < -0.4 is 11.3 Å². The fourth-order valence-corrected chi connectivity index (χ4v) is 3.74. The Balaban J connectivity index is 1.64. The largest absolute Gasteiger partial charge is 0.464 e. The van der Waals surface area contributed by atoms with Gasteiger partial charge in [-0.15, -0.1) is 0 Å². The summed E-state index contributed by atoms with van der Waals surface area (Å²) in [5.41, 5.74) is 0.973. The molecule has 1 aromatic heterocycles. The fraction of sp³-hybridized carbons (Fsp3) is 0.400. The van der Waals surface area contributed by atoms with Crippen molar-refractivity contribution in [3.05, 3.63) is 80.6 Å². The zero-order valence-electron chi connectivity index (χ0n) is 18.8. The summed E-state index contributed by atoms with van der Waals surface area (Å²) in [5.74, 6) is -1.01. The highest BCUT2D eigenvalue weighted by Crippen LogP contribution is 2.21. The Morgan fingerprint density at radius 1 is 1.00 bits per heavy atom. The molecule has 0 saturated heterocycles. The molecule has 1 heterocycles. The molecule has 0 aliphatic carbocycles. The van der Waals surface area contributed by atoms with E-state index in [-0.39, 0.29) is 18.1 Å². The number of nitrogens with zero attached hydrogens (tertiary/aromatic N) is 1. The number of aromatic nitrogens is 1.